The number of hydrogen-bond acceptors (Lipinski definition) is 4. The molecule has 0 unspecified atom stereocenters. The fourth-order valence-corrected chi connectivity index (χ4v) is 3.66. The van der Waals surface area contributed by atoms with E-state index in [0.717, 1.165) is 43.5 Å². The first-order valence-electron chi connectivity index (χ1n) is 9.38. The topological polar surface area (TPSA) is 57.5 Å². The maximum absolute atomic E-state index is 13.2. The normalized spacial score (nSPS) is 14.2. The average Bonchev–Trinajstić information content (AvgIpc) is 3.37. The highest BCUT2D eigenvalue weighted by atomic mass is 32.1. The Kier molecular flexibility index (Phi) is 5.38. The Morgan fingerprint density at radius 1 is 1.07 bits per heavy atom. The molecule has 1 aliphatic rings. The lowest BCUT2D eigenvalue weighted by atomic mass is 10.1. The van der Waals surface area contributed by atoms with Gasteiger partial charge in [0.15, 0.2) is 10.9 Å². The lowest BCUT2D eigenvalue weighted by molar-refractivity contribution is -0.137. The molecule has 0 radical (unpaired) electrons. The van der Waals surface area contributed by atoms with Crippen molar-refractivity contribution in [2.24, 2.45) is 0 Å². The number of furan rings is 1. The summed E-state index contributed by atoms with van der Waals surface area (Å²) in [5, 5.41) is 5.87. The summed E-state index contributed by atoms with van der Waals surface area (Å²) in [4.78, 5) is 14.5. The number of para-hydroxylation sites is 1. The highest BCUT2D eigenvalue weighted by molar-refractivity contribution is 7.80. The lowest BCUT2D eigenvalue weighted by Crippen LogP contribution is -2.34. The summed E-state index contributed by atoms with van der Waals surface area (Å²) in [6, 6.07) is 12.2. The Labute approximate surface area is 175 Å². The molecule has 0 saturated carbocycles. The molecule has 9 heteroatoms. The molecule has 2 heterocycles. The van der Waals surface area contributed by atoms with Crippen molar-refractivity contribution in [1.82, 2.24) is 5.32 Å². The number of fused-ring (bicyclic) bond motifs is 1. The van der Waals surface area contributed by atoms with E-state index in [2.05, 4.69) is 10.6 Å². The minimum Gasteiger partial charge on any atom is -0.451 e. The van der Waals surface area contributed by atoms with Crippen LogP contribution < -0.4 is 15.5 Å². The molecule has 3 aromatic rings. The summed E-state index contributed by atoms with van der Waals surface area (Å²) in [6.45, 7) is 1.50. The van der Waals surface area contributed by atoms with Crippen LogP contribution in [-0.2, 0) is 6.18 Å². The van der Waals surface area contributed by atoms with Crippen molar-refractivity contribution in [3.05, 3.63) is 59.9 Å². The number of carbonyl (C=O) groups excluding carboxylic acids is 1. The van der Waals surface area contributed by atoms with Crippen molar-refractivity contribution in [1.29, 1.82) is 0 Å². The fourth-order valence-electron chi connectivity index (χ4n) is 3.46. The number of amides is 1. The molecule has 2 aromatic carbocycles. The lowest BCUT2D eigenvalue weighted by Gasteiger charge is -2.23. The maximum atomic E-state index is 13.2. The molecule has 5 nitrogen and oxygen atoms in total. The molecular weight excluding hydrogens is 415 g/mol. The quantitative estimate of drug-likeness (QED) is 0.558. The van der Waals surface area contributed by atoms with E-state index >= 15 is 0 Å². The number of hydrogen-bond donors (Lipinski definition) is 2. The number of thiocarbonyl (C=S) groups is 1. The number of benzene rings is 2. The van der Waals surface area contributed by atoms with E-state index in [-0.39, 0.29) is 16.6 Å². The van der Waals surface area contributed by atoms with Gasteiger partial charge in [-0.2, -0.15) is 13.2 Å². The minimum absolute atomic E-state index is 0.0594. The number of rotatable bonds is 3. The summed E-state index contributed by atoms with van der Waals surface area (Å²) >= 11 is 5.18. The Morgan fingerprint density at radius 3 is 2.50 bits per heavy atom. The van der Waals surface area contributed by atoms with Crippen LogP contribution in [0.4, 0.5) is 24.5 Å². The molecular formula is C21H18F3N3O2S. The SMILES string of the molecule is O=C(NC(=S)Nc1cc(C(F)(F)F)ccc1N1CCCC1)c1cc2ccccc2o1. The number of nitrogens with zero attached hydrogens (tertiary/aromatic N) is 1. The summed E-state index contributed by atoms with van der Waals surface area (Å²) in [7, 11) is 0. The summed E-state index contributed by atoms with van der Waals surface area (Å²) in [5.41, 5.74) is 0.567. The summed E-state index contributed by atoms with van der Waals surface area (Å²) < 4.78 is 45.1. The van der Waals surface area contributed by atoms with Crippen LogP contribution in [0.5, 0.6) is 0 Å². The van der Waals surface area contributed by atoms with E-state index in [0.29, 0.717) is 11.3 Å². The average molecular weight is 433 g/mol. The maximum Gasteiger partial charge on any atom is 0.416 e. The van der Waals surface area contributed by atoms with Crippen molar-refractivity contribution in [3.8, 4) is 0 Å². The van der Waals surface area contributed by atoms with Crippen molar-refractivity contribution < 1.29 is 22.4 Å². The van der Waals surface area contributed by atoms with Gasteiger partial charge in [0.2, 0.25) is 0 Å². The minimum atomic E-state index is -4.49. The van der Waals surface area contributed by atoms with Gasteiger partial charge in [-0.25, -0.2) is 0 Å². The zero-order valence-corrected chi connectivity index (χ0v) is 16.6. The number of anilines is 2. The predicted molar refractivity (Wildman–Crippen MR) is 113 cm³/mol. The van der Waals surface area contributed by atoms with Crippen LogP contribution >= 0.6 is 12.2 Å². The molecule has 1 saturated heterocycles. The molecule has 156 valence electrons. The number of halogens is 3. The second-order valence-corrected chi connectivity index (χ2v) is 7.39. The van der Waals surface area contributed by atoms with Crippen LogP contribution in [0.3, 0.4) is 0 Å². The first-order chi connectivity index (χ1) is 14.3. The molecule has 0 spiro atoms. The van der Waals surface area contributed by atoms with E-state index in [1.54, 1.807) is 24.3 Å². The highest BCUT2D eigenvalue weighted by Gasteiger charge is 2.32. The van der Waals surface area contributed by atoms with E-state index in [9.17, 15) is 18.0 Å². The molecule has 1 aliphatic heterocycles. The van der Waals surface area contributed by atoms with Gasteiger partial charge >= 0.3 is 6.18 Å². The monoisotopic (exact) mass is 433 g/mol. The van der Waals surface area contributed by atoms with Crippen LogP contribution in [-0.4, -0.2) is 24.1 Å². The Balaban J connectivity index is 1.54. The van der Waals surface area contributed by atoms with Gasteiger partial charge in [-0.05, 0) is 55.4 Å². The van der Waals surface area contributed by atoms with E-state index in [1.807, 2.05) is 11.0 Å². The molecule has 0 aliphatic carbocycles. The molecule has 30 heavy (non-hydrogen) atoms. The fraction of sp³-hybridized carbons (Fsp3) is 0.238. The zero-order chi connectivity index (χ0) is 21.3. The second-order valence-electron chi connectivity index (χ2n) is 6.98. The summed E-state index contributed by atoms with van der Waals surface area (Å²) in [6.07, 6.45) is -2.56. The Morgan fingerprint density at radius 2 is 1.80 bits per heavy atom. The standard InChI is InChI=1S/C21H18F3N3O2S/c22-21(23,24)14-7-8-16(27-9-3-4-10-27)15(12-14)25-20(30)26-19(28)18-11-13-5-1-2-6-17(13)29-18/h1-2,5-8,11-12H,3-4,9-10H2,(H2,25,26,28,30). The van der Waals surface area contributed by atoms with Crippen LogP contribution in [0.1, 0.15) is 29.0 Å². The van der Waals surface area contributed by atoms with Crippen LogP contribution in [0.15, 0.2) is 52.9 Å². The molecule has 0 atom stereocenters. The molecule has 1 aromatic heterocycles. The molecule has 2 N–H and O–H groups in total. The number of carbonyl (C=O) groups is 1. The third-order valence-corrected chi connectivity index (χ3v) is 5.10. The van der Waals surface area contributed by atoms with Crippen molar-refractivity contribution in [2.45, 2.75) is 19.0 Å². The van der Waals surface area contributed by atoms with E-state index in [4.69, 9.17) is 16.6 Å². The van der Waals surface area contributed by atoms with Gasteiger partial charge in [-0.1, -0.05) is 18.2 Å². The van der Waals surface area contributed by atoms with Crippen LogP contribution in [0.2, 0.25) is 0 Å². The molecule has 4 rings (SSSR count). The third kappa shape index (κ3) is 4.25. The molecule has 0 bridgehead atoms. The van der Waals surface area contributed by atoms with Gasteiger partial charge in [-0.15, -0.1) is 0 Å². The smallest absolute Gasteiger partial charge is 0.416 e. The zero-order valence-electron chi connectivity index (χ0n) is 15.8. The first-order valence-corrected chi connectivity index (χ1v) is 9.79. The number of alkyl halides is 3. The predicted octanol–water partition coefficient (Wildman–Crippen LogP) is 5.18. The van der Waals surface area contributed by atoms with Gasteiger partial charge in [0.05, 0.1) is 16.9 Å². The number of nitrogens with one attached hydrogen (secondary N) is 2. The largest absolute Gasteiger partial charge is 0.451 e. The Bertz CT molecular complexity index is 1070. The Hall–Kier alpha value is -3.07. The van der Waals surface area contributed by atoms with E-state index < -0.39 is 17.6 Å². The molecule has 1 amide bonds. The highest BCUT2D eigenvalue weighted by Crippen LogP contribution is 2.36. The third-order valence-electron chi connectivity index (χ3n) is 4.90. The van der Waals surface area contributed by atoms with Crippen molar-refractivity contribution in [3.63, 3.8) is 0 Å². The van der Waals surface area contributed by atoms with Gasteiger partial charge < -0.3 is 14.6 Å². The van der Waals surface area contributed by atoms with Gasteiger partial charge in [0.25, 0.3) is 5.91 Å². The van der Waals surface area contributed by atoms with Crippen molar-refractivity contribution >= 4 is 45.6 Å². The van der Waals surface area contributed by atoms with E-state index in [1.165, 1.54) is 6.07 Å². The molecule has 1 fully saturated rings. The van der Waals surface area contributed by atoms with Crippen LogP contribution in [0.25, 0.3) is 11.0 Å². The summed E-state index contributed by atoms with van der Waals surface area (Å²) in [5.74, 6) is -0.525. The first kappa shape index (κ1) is 20.2. The van der Waals surface area contributed by atoms with Gasteiger partial charge in [0, 0.05) is 18.5 Å². The van der Waals surface area contributed by atoms with Gasteiger partial charge in [0.1, 0.15) is 5.58 Å². The van der Waals surface area contributed by atoms with Crippen LogP contribution in [0, 0.1) is 0 Å². The van der Waals surface area contributed by atoms with Gasteiger partial charge in [-0.3, -0.25) is 10.1 Å². The van der Waals surface area contributed by atoms with Crippen molar-refractivity contribution in [2.75, 3.05) is 23.3 Å². The second kappa shape index (κ2) is 7.98.